The van der Waals surface area contributed by atoms with Crippen molar-refractivity contribution in [3.05, 3.63) is 60.2 Å². The number of para-hydroxylation sites is 1. The fraction of sp³-hybridized carbons (Fsp3) is 0.350. The maximum Gasteiger partial charge on any atom is 0.186 e. The molecule has 3 aromatic rings. The Morgan fingerprint density at radius 1 is 1.00 bits per heavy atom. The number of fused-ring (bicyclic) bond motifs is 1. The Morgan fingerprint density at radius 2 is 1.75 bits per heavy atom. The van der Waals surface area contributed by atoms with E-state index in [0.29, 0.717) is 0 Å². The molecule has 1 aliphatic heterocycles. The molecular formula is C20H23N3S. The Morgan fingerprint density at radius 3 is 2.54 bits per heavy atom. The van der Waals surface area contributed by atoms with Gasteiger partial charge in [0.15, 0.2) is 5.13 Å². The summed E-state index contributed by atoms with van der Waals surface area (Å²) in [7, 11) is 0. The van der Waals surface area contributed by atoms with Gasteiger partial charge in [-0.05, 0) is 49.5 Å². The molecule has 4 heteroatoms. The molecule has 24 heavy (non-hydrogen) atoms. The molecule has 0 radical (unpaired) electrons. The molecule has 4 rings (SSSR count). The summed E-state index contributed by atoms with van der Waals surface area (Å²) in [4.78, 5) is 7.39. The minimum atomic E-state index is 0.752. The van der Waals surface area contributed by atoms with Crippen molar-refractivity contribution >= 4 is 26.7 Å². The predicted octanol–water partition coefficient (Wildman–Crippen LogP) is 4.30. The minimum Gasteiger partial charge on any atom is -0.343 e. The maximum atomic E-state index is 4.90. The number of nitrogens with one attached hydrogen (secondary N) is 1. The quantitative estimate of drug-likeness (QED) is 0.752. The second-order valence-corrected chi connectivity index (χ2v) is 7.53. The van der Waals surface area contributed by atoms with E-state index in [0.717, 1.165) is 42.7 Å². The van der Waals surface area contributed by atoms with Crippen LogP contribution in [0.5, 0.6) is 0 Å². The van der Waals surface area contributed by atoms with Crippen LogP contribution in [0.25, 0.3) is 10.2 Å². The van der Waals surface area contributed by atoms with Gasteiger partial charge in [-0.25, -0.2) is 4.98 Å². The highest BCUT2D eigenvalue weighted by Crippen LogP contribution is 2.31. The van der Waals surface area contributed by atoms with Crippen LogP contribution in [0.15, 0.2) is 54.6 Å². The predicted molar refractivity (Wildman–Crippen MR) is 103 cm³/mol. The van der Waals surface area contributed by atoms with Gasteiger partial charge in [-0.1, -0.05) is 53.8 Å². The zero-order valence-electron chi connectivity index (χ0n) is 13.8. The van der Waals surface area contributed by atoms with Gasteiger partial charge in [0.1, 0.15) is 0 Å². The normalized spacial score (nSPS) is 15.7. The molecule has 0 aliphatic carbocycles. The number of nitrogens with zero attached hydrogens (tertiary/aromatic N) is 2. The van der Waals surface area contributed by atoms with Gasteiger partial charge in [0.05, 0.1) is 10.2 Å². The first kappa shape index (κ1) is 15.6. The Bertz CT molecular complexity index is 745. The highest BCUT2D eigenvalue weighted by molar-refractivity contribution is 7.22. The Labute approximate surface area is 147 Å². The first-order valence-corrected chi connectivity index (χ1v) is 9.55. The highest BCUT2D eigenvalue weighted by atomic mass is 32.1. The van der Waals surface area contributed by atoms with E-state index in [9.17, 15) is 0 Å². The number of aromatic nitrogens is 1. The van der Waals surface area contributed by atoms with Crippen LogP contribution in [-0.4, -0.2) is 24.6 Å². The van der Waals surface area contributed by atoms with E-state index in [2.05, 4.69) is 64.8 Å². The molecule has 1 N–H and O–H groups in total. The van der Waals surface area contributed by atoms with Crippen molar-refractivity contribution in [3.63, 3.8) is 0 Å². The van der Waals surface area contributed by atoms with Crippen LogP contribution in [0.2, 0.25) is 0 Å². The lowest BCUT2D eigenvalue weighted by Gasteiger charge is -2.30. The molecule has 0 bridgehead atoms. The molecule has 0 atom stereocenters. The molecule has 1 aromatic heterocycles. The molecule has 0 spiro atoms. The van der Waals surface area contributed by atoms with Gasteiger partial charge < -0.3 is 10.2 Å². The topological polar surface area (TPSA) is 28.2 Å². The molecule has 2 heterocycles. The summed E-state index contributed by atoms with van der Waals surface area (Å²) in [5, 5.41) is 4.62. The zero-order chi connectivity index (χ0) is 16.2. The first-order valence-electron chi connectivity index (χ1n) is 8.73. The van der Waals surface area contributed by atoms with E-state index in [1.54, 1.807) is 0 Å². The van der Waals surface area contributed by atoms with Crippen LogP contribution in [0.4, 0.5) is 5.13 Å². The summed E-state index contributed by atoms with van der Waals surface area (Å²) in [5.41, 5.74) is 2.46. The van der Waals surface area contributed by atoms with Crippen molar-refractivity contribution in [2.75, 3.05) is 24.5 Å². The van der Waals surface area contributed by atoms with Gasteiger partial charge >= 0.3 is 0 Å². The number of hydrogen-bond acceptors (Lipinski definition) is 4. The summed E-state index contributed by atoms with van der Waals surface area (Å²) in [6.45, 7) is 4.31. The van der Waals surface area contributed by atoms with Crippen LogP contribution in [0.3, 0.4) is 0 Å². The molecule has 1 aliphatic rings. The van der Waals surface area contributed by atoms with E-state index in [1.807, 2.05) is 11.3 Å². The Kier molecular flexibility index (Phi) is 4.76. The maximum absolute atomic E-state index is 4.90. The fourth-order valence-electron chi connectivity index (χ4n) is 3.39. The Hall–Kier alpha value is -1.91. The summed E-state index contributed by atoms with van der Waals surface area (Å²) in [6.07, 6.45) is 2.52. The van der Waals surface area contributed by atoms with E-state index in [-0.39, 0.29) is 0 Å². The first-order chi connectivity index (χ1) is 11.9. The molecule has 1 saturated heterocycles. The number of anilines is 1. The summed E-state index contributed by atoms with van der Waals surface area (Å²) >= 11 is 1.81. The van der Waals surface area contributed by atoms with Crippen molar-refractivity contribution in [1.29, 1.82) is 0 Å². The van der Waals surface area contributed by atoms with E-state index < -0.39 is 0 Å². The Balaban J connectivity index is 1.60. The van der Waals surface area contributed by atoms with Gasteiger partial charge in [0.2, 0.25) is 0 Å². The van der Waals surface area contributed by atoms with Crippen LogP contribution < -0.4 is 10.2 Å². The number of piperidine rings is 1. The second kappa shape index (κ2) is 7.32. The van der Waals surface area contributed by atoms with Crippen molar-refractivity contribution < 1.29 is 0 Å². The largest absolute Gasteiger partial charge is 0.343 e. The molecule has 2 aromatic carbocycles. The fourth-order valence-corrected chi connectivity index (χ4v) is 4.36. The van der Waals surface area contributed by atoms with Crippen LogP contribution in [-0.2, 0) is 6.54 Å². The lowest BCUT2D eigenvalue weighted by atomic mass is 9.97. The van der Waals surface area contributed by atoms with Crippen molar-refractivity contribution in [1.82, 2.24) is 10.3 Å². The van der Waals surface area contributed by atoms with Gasteiger partial charge in [-0.15, -0.1) is 0 Å². The van der Waals surface area contributed by atoms with Gasteiger partial charge in [-0.3, -0.25) is 0 Å². The third kappa shape index (κ3) is 3.60. The van der Waals surface area contributed by atoms with Gasteiger partial charge in [-0.2, -0.15) is 0 Å². The molecule has 124 valence electrons. The zero-order valence-corrected chi connectivity index (χ0v) is 14.6. The van der Waals surface area contributed by atoms with Crippen molar-refractivity contribution in [2.24, 2.45) is 5.92 Å². The van der Waals surface area contributed by atoms with E-state index in [4.69, 9.17) is 4.98 Å². The number of hydrogen-bond donors (Lipinski definition) is 1. The van der Waals surface area contributed by atoms with Gasteiger partial charge in [0.25, 0.3) is 0 Å². The molecule has 0 saturated carbocycles. The third-order valence-corrected chi connectivity index (χ3v) is 5.80. The molecule has 3 nitrogen and oxygen atoms in total. The van der Waals surface area contributed by atoms with Gasteiger partial charge in [0, 0.05) is 13.1 Å². The standard InChI is InChI=1S/C20H23N3S/c1-2-6-16(7-3-1)14-23(15-17-10-12-21-13-11-17)20-22-18-8-4-5-9-19(18)24-20/h1-9,17,21H,10-15H2. The third-order valence-electron chi connectivity index (χ3n) is 4.71. The minimum absolute atomic E-state index is 0.752. The molecule has 0 amide bonds. The number of benzene rings is 2. The summed E-state index contributed by atoms with van der Waals surface area (Å²) in [5.74, 6) is 0.752. The van der Waals surface area contributed by atoms with E-state index >= 15 is 0 Å². The van der Waals surface area contributed by atoms with Crippen LogP contribution >= 0.6 is 11.3 Å². The van der Waals surface area contributed by atoms with Crippen molar-refractivity contribution in [3.8, 4) is 0 Å². The molecular weight excluding hydrogens is 314 g/mol. The monoisotopic (exact) mass is 337 g/mol. The summed E-state index contributed by atoms with van der Waals surface area (Å²) in [6, 6.07) is 19.2. The number of thiazole rings is 1. The SMILES string of the molecule is c1ccc(CN(CC2CCNCC2)c2nc3ccccc3s2)cc1. The van der Waals surface area contributed by atoms with Crippen LogP contribution in [0, 0.1) is 5.92 Å². The van der Waals surface area contributed by atoms with E-state index in [1.165, 1.54) is 23.1 Å². The molecule has 0 unspecified atom stereocenters. The van der Waals surface area contributed by atoms with Crippen molar-refractivity contribution in [2.45, 2.75) is 19.4 Å². The lowest BCUT2D eigenvalue weighted by Crippen LogP contribution is -2.36. The molecule has 1 fully saturated rings. The average Bonchev–Trinajstić information content (AvgIpc) is 3.07. The smallest absolute Gasteiger partial charge is 0.186 e. The second-order valence-electron chi connectivity index (χ2n) is 6.52. The number of rotatable bonds is 5. The highest BCUT2D eigenvalue weighted by Gasteiger charge is 2.20. The summed E-state index contributed by atoms with van der Waals surface area (Å²) < 4.78 is 1.27. The average molecular weight is 337 g/mol. The van der Waals surface area contributed by atoms with Crippen LogP contribution in [0.1, 0.15) is 18.4 Å². The lowest BCUT2D eigenvalue weighted by molar-refractivity contribution is 0.373.